The molecule has 0 unspecified atom stereocenters. The van der Waals surface area contributed by atoms with E-state index in [-0.39, 0.29) is 5.56 Å². The first-order valence-corrected chi connectivity index (χ1v) is 12.2. The van der Waals surface area contributed by atoms with Gasteiger partial charge in [0.2, 0.25) is 5.95 Å². The van der Waals surface area contributed by atoms with Gasteiger partial charge in [-0.3, -0.25) is 4.79 Å². The lowest BCUT2D eigenvalue weighted by Gasteiger charge is -2.33. The number of pyridine rings is 1. The predicted molar refractivity (Wildman–Crippen MR) is 129 cm³/mol. The molecule has 1 aliphatic carbocycles. The quantitative estimate of drug-likeness (QED) is 0.627. The number of fused-ring (bicyclic) bond motifs is 1. The maximum Gasteiger partial charge on any atom is 0.277 e. The van der Waals surface area contributed by atoms with Crippen LogP contribution < -0.4 is 20.7 Å². The zero-order chi connectivity index (χ0) is 22.3. The molecule has 0 radical (unpaired) electrons. The summed E-state index contributed by atoms with van der Waals surface area (Å²) in [7, 11) is 0. The fourth-order valence-electron chi connectivity index (χ4n) is 5.16. The Kier molecular flexibility index (Phi) is 5.11. The summed E-state index contributed by atoms with van der Waals surface area (Å²) in [5.74, 6) is 2.15. The van der Waals surface area contributed by atoms with E-state index >= 15 is 0 Å². The van der Waals surface area contributed by atoms with Gasteiger partial charge >= 0.3 is 0 Å². The minimum absolute atomic E-state index is 0.302. The molecule has 3 aliphatic rings. The third kappa shape index (κ3) is 4.12. The van der Waals surface area contributed by atoms with E-state index in [9.17, 15) is 4.79 Å². The minimum atomic E-state index is -0.302. The van der Waals surface area contributed by atoms with Gasteiger partial charge in [-0.1, -0.05) is 12.8 Å². The summed E-state index contributed by atoms with van der Waals surface area (Å²) in [4.78, 5) is 31.3. The van der Waals surface area contributed by atoms with Gasteiger partial charge in [0.15, 0.2) is 0 Å². The number of nitrogens with zero attached hydrogens (tertiary/aromatic N) is 6. The number of rotatable bonds is 4. The molecule has 2 aliphatic heterocycles. The average Bonchev–Trinajstić information content (AvgIpc) is 3.64. The van der Waals surface area contributed by atoms with Crippen LogP contribution in [-0.2, 0) is 0 Å². The second-order valence-corrected chi connectivity index (χ2v) is 9.75. The van der Waals surface area contributed by atoms with Crippen molar-refractivity contribution in [2.45, 2.75) is 51.4 Å². The van der Waals surface area contributed by atoms with Crippen LogP contribution in [0.1, 0.15) is 51.4 Å². The molecule has 3 aromatic heterocycles. The van der Waals surface area contributed by atoms with Gasteiger partial charge in [-0.25, -0.2) is 15.1 Å². The third-order valence-corrected chi connectivity index (χ3v) is 7.51. The summed E-state index contributed by atoms with van der Waals surface area (Å²) in [6.45, 7) is 4.01. The Morgan fingerprint density at radius 2 is 1.67 bits per heavy atom. The van der Waals surface area contributed by atoms with Gasteiger partial charge in [0.1, 0.15) is 22.5 Å². The van der Waals surface area contributed by atoms with Gasteiger partial charge in [-0.05, 0) is 56.1 Å². The number of anilines is 4. The first kappa shape index (κ1) is 20.4. The molecule has 33 heavy (non-hydrogen) atoms. The normalized spacial score (nSPS) is 20.1. The molecule has 3 fully saturated rings. The molecular weight excluding hydrogens is 416 g/mol. The first-order valence-electron chi connectivity index (χ1n) is 12.2. The molecule has 1 saturated carbocycles. The standard InChI is InChI=1S/C24H30N8O/c33-22-20-18(16-26-30-22)28-23(32-11-3-1-2-4-12-32)29-21(20)27-17-5-6-19(25-15-17)31-13-9-24(7-8-24)10-14-31/h5-6,15-16H,1-4,7-14H2,(H,30,33)(H,27,28,29). The summed E-state index contributed by atoms with van der Waals surface area (Å²) in [5, 5.41) is 10.2. The molecule has 0 bridgehead atoms. The highest BCUT2D eigenvalue weighted by atomic mass is 16.1. The zero-order valence-electron chi connectivity index (χ0n) is 18.9. The zero-order valence-corrected chi connectivity index (χ0v) is 18.9. The Morgan fingerprint density at radius 3 is 2.36 bits per heavy atom. The van der Waals surface area contributed by atoms with Crippen molar-refractivity contribution in [2.75, 3.05) is 41.3 Å². The van der Waals surface area contributed by atoms with E-state index in [0.717, 1.165) is 50.5 Å². The number of aromatic nitrogens is 5. The smallest absolute Gasteiger partial charge is 0.277 e. The highest BCUT2D eigenvalue weighted by Crippen LogP contribution is 2.53. The van der Waals surface area contributed by atoms with Gasteiger partial charge in [0.05, 0.1) is 18.1 Å². The number of H-pyrrole nitrogens is 1. The van der Waals surface area contributed by atoms with Gasteiger partial charge in [0, 0.05) is 26.2 Å². The second-order valence-electron chi connectivity index (χ2n) is 9.75. The molecule has 2 N–H and O–H groups in total. The lowest BCUT2D eigenvalue weighted by Crippen LogP contribution is -2.34. The fraction of sp³-hybridized carbons (Fsp3) is 0.542. The van der Waals surface area contributed by atoms with Gasteiger partial charge in [-0.15, -0.1) is 0 Å². The number of hydrogen-bond donors (Lipinski definition) is 2. The Balaban J connectivity index is 1.27. The third-order valence-electron chi connectivity index (χ3n) is 7.51. The van der Waals surface area contributed by atoms with Gasteiger partial charge < -0.3 is 15.1 Å². The second kappa shape index (κ2) is 8.28. The van der Waals surface area contributed by atoms with Crippen molar-refractivity contribution in [3.05, 3.63) is 34.9 Å². The largest absolute Gasteiger partial charge is 0.357 e. The molecule has 0 atom stereocenters. The van der Waals surface area contributed by atoms with E-state index in [1.807, 2.05) is 12.3 Å². The molecule has 0 aromatic carbocycles. The van der Waals surface area contributed by atoms with Crippen LogP contribution in [0.3, 0.4) is 0 Å². The Bertz CT molecular complexity index is 1190. The van der Waals surface area contributed by atoms with Crippen molar-refractivity contribution in [3.63, 3.8) is 0 Å². The van der Waals surface area contributed by atoms with Crippen molar-refractivity contribution in [1.82, 2.24) is 25.1 Å². The first-order chi connectivity index (χ1) is 16.2. The molecule has 2 saturated heterocycles. The molecule has 3 aromatic rings. The lowest BCUT2D eigenvalue weighted by molar-refractivity contribution is 0.383. The van der Waals surface area contributed by atoms with Crippen LogP contribution in [0.4, 0.5) is 23.3 Å². The van der Waals surface area contributed by atoms with E-state index in [1.54, 1.807) is 6.20 Å². The maximum absolute atomic E-state index is 12.6. The molecule has 172 valence electrons. The van der Waals surface area contributed by atoms with E-state index in [1.165, 1.54) is 38.5 Å². The monoisotopic (exact) mass is 446 g/mol. The topological polar surface area (TPSA) is 103 Å². The van der Waals surface area contributed by atoms with Gasteiger partial charge in [0.25, 0.3) is 5.56 Å². The molecule has 9 nitrogen and oxygen atoms in total. The minimum Gasteiger partial charge on any atom is -0.357 e. The Labute approximate surface area is 192 Å². The van der Waals surface area contributed by atoms with E-state index in [0.29, 0.717) is 28.1 Å². The predicted octanol–water partition coefficient (Wildman–Crippen LogP) is 3.61. The van der Waals surface area contributed by atoms with Crippen molar-refractivity contribution in [1.29, 1.82) is 0 Å². The summed E-state index contributed by atoms with van der Waals surface area (Å²) in [6.07, 6.45) is 13.5. The van der Waals surface area contributed by atoms with Crippen LogP contribution in [-0.4, -0.2) is 51.3 Å². The van der Waals surface area contributed by atoms with Crippen LogP contribution >= 0.6 is 0 Å². The number of aromatic amines is 1. The van der Waals surface area contributed by atoms with Crippen LogP contribution in [0.5, 0.6) is 0 Å². The highest BCUT2D eigenvalue weighted by Gasteiger charge is 2.44. The fourth-order valence-corrected chi connectivity index (χ4v) is 5.16. The molecule has 1 spiro atoms. The van der Waals surface area contributed by atoms with Crippen molar-refractivity contribution >= 4 is 34.2 Å². The molecule has 6 rings (SSSR count). The molecular formula is C24H30N8O. The van der Waals surface area contributed by atoms with Crippen LogP contribution in [0.15, 0.2) is 29.3 Å². The summed E-state index contributed by atoms with van der Waals surface area (Å²) in [5.41, 5.74) is 1.69. The lowest BCUT2D eigenvalue weighted by atomic mass is 9.94. The number of nitrogens with one attached hydrogen (secondary N) is 2. The number of hydrogen-bond acceptors (Lipinski definition) is 8. The maximum atomic E-state index is 12.6. The number of piperidine rings is 1. The van der Waals surface area contributed by atoms with Crippen LogP contribution in [0.2, 0.25) is 0 Å². The van der Waals surface area contributed by atoms with Gasteiger partial charge in [-0.2, -0.15) is 10.1 Å². The average molecular weight is 447 g/mol. The molecule has 5 heterocycles. The summed E-state index contributed by atoms with van der Waals surface area (Å²) >= 11 is 0. The summed E-state index contributed by atoms with van der Waals surface area (Å²) < 4.78 is 0. The van der Waals surface area contributed by atoms with E-state index in [2.05, 4.69) is 36.4 Å². The van der Waals surface area contributed by atoms with Crippen LogP contribution in [0, 0.1) is 5.41 Å². The van der Waals surface area contributed by atoms with Crippen molar-refractivity contribution in [2.24, 2.45) is 5.41 Å². The van der Waals surface area contributed by atoms with Crippen LogP contribution in [0.25, 0.3) is 10.9 Å². The van der Waals surface area contributed by atoms with E-state index < -0.39 is 0 Å². The SMILES string of the molecule is O=c1[nH]ncc2nc(N3CCCCCC3)nc(Nc3ccc(N4CCC5(CC4)CC5)nc3)c12. The van der Waals surface area contributed by atoms with Crippen molar-refractivity contribution < 1.29 is 0 Å². The van der Waals surface area contributed by atoms with Crippen molar-refractivity contribution in [3.8, 4) is 0 Å². The van der Waals surface area contributed by atoms with E-state index in [4.69, 9.17) is 9.97 Å². The summed E-state index contributed by atoms with van der Waals surface area (Å²) in [6, 6.07) is 4.07. The highest BCUT2D eigenvalue weighted by molar-refractivity contribution is 5.90. The Morgan fingerprint density at radius 1 is 0.879 bits per heavy atom. The Hall–Kier alpha value is -3.23. The molecule has 9 heteroatoms. The molecule has 0 amide bonds.